The van der Waals surface area contributed by atoms with Gasteiger partial charge in [-0.25, -0.2) is 9.97 Å². The van der Waals surface area contributed by atoms with E-state index in [1.807, 2.05) is 143 Å². The van der Waals surface area contributed by atoms with Gasteiger partial charge < -0.3 is 25.6 Å². The summed E-state index contributed by atoms with van der Waals surface area (Å²) in [5.74, 6) is 2.15. The molecule has 324 valence electrons. The molecule has 0 unspecified atom stereocenters. The Bertz CT molecular complexity index is 3060. The van der Waals surface area contributed by atoms with Gasteiger partial charge in [0, 0.05) is 46.9 Å². The van der Waals surface area contributed by atoms with Crippen molar-refractivity contribution in [2.75, 3.05) is 11.1 Å². The number of carboxylic acid groups (broad SMARTS) is 1. The van der Waals surface area contributed by atoms with Gasteiger partial charge in [0.15, 0.2) is 11.6 Å². The summed E-state index contributed by atoms with van der Waals surface area (Å²) in [6.07, 6.45) is 10.8. The summed E-state index contributed by atoms with van der Waals surface area (Å²) in [5.41, 5.74) is 12.9. The lowest BCUT2D eigenvalue weighted by Gasteiger charge is -2.08. The molecule has 0 aliphatic heterocycles. The van der Waals surface area contributed by atoms with E-state index in [9.17, 15) is 9.59 Å². The van der Waals surface area contributed by atoms with Crippen molar-refractivity contribution >= 4 is 45.1 Å². The van der Waals surface area contributed by atoms with Gasteiger partial charge in [0.1, 0.15) is 37.4 Å². The maximum absolute atomic E-state index is 12.6. The van der Waals surface area contributed by atoms with Crippen LogP contribution in [0.4, 0.5) is 11.4 Å². The first-order valence-electron chi connectivity index (χ1n) is 20.5. The number of carboxylic acids is 1. The van der Waals surface area contributed by atoms with Crippen LogP contribution in [0.1, 0.15) is 22.3 Å². The quantitative estimate of drug-likeness (QED) is 0.0698. The topological polar surface area (TPSA) is 204 Å². The Balaban J connectivity index is 0.000000147. The van der Waals surface area contributed by atoms with Gasteiger partial charge in [-0.05, 0) is 82.9 Å². The number of ether oxygens (including phenoxy) is 2. The summed E-state index contributed by atoms with van der Waals surface area (Å²) in [5, 5.41) is 28.0. The van der Waals surface area contributed by atoms with E-state index in [-0.39, 0.29) is 18.7 Å². The minimum absolute atomic E-state index is 0.0406. The van der Waals surface area contributed by atoms with Gasteiger partial charge in [0.25, 0.3) is 0 Å². The molecule has 0 fully saturated rings. The molecule has 4 aromatic heterocycles. The van der Waals surface area contributed by atoms with E-state index in [4.69, 9.17) is 20.3 Å². The van der Waals surface area contributed by atoms with Gasteiger partial charge in [-0.2, -0.15) is 10.2 Å². The Hall–Kier alpha value is -8.98. The van der Waals surface area contributed by atoms with Crippen LogP contribution in [0.2, 0.25) is 0 Å². The first kappa shape index (κ1) is 42.7. The molecule has 1 amide bonds. The summed E-state index contributed by atoms with van der Waals surface area (Å²) in [6.45, 7) is 1.03. The number of aliphatic carboxylic acids is 1. The number of anilines is 2. The number of aromatic amines is 2. The number of carbonyl (C=O) groups excluding carboxylic acids is 1. The number of hydrogen-bond donors (Lipinski definition) is 5. The van der Waals surface area contributed by atoms with Crippen molar-refractivity contribution in [3.05, 3.63) is 205 Å². The number of nitrogens with two attached hydrogens (primary N) is 1. The molecule has 6 N–H and O–H groups in total. The molecular weight excluding hydrogens is 821 g/mol. The van der Waals surface area contributed by atoms with Gasteiger partial charge in [0.05, 0.1) is 23.9 Å². The maximum Gasteiger partial charge on any atom is 0.307 e. The summed E-state index contributed by atoms with van der Waals surface area (Å²) in [4.78, 5) is 31.2. The van der Waals surface area contributed by atoms with E-state index in [1.165, 1.54) is 0 Å². The van der Waals surface area contributed by atoms with E-state index in [0.717, 1.165) is 72.9 Å². The van der Waals surface area contributed by atoms with Crippen LogP contribution in [-0.2, 0) is 35.6 Å². The van der Waals surface area contributed by atoms with Crippen molar-refractivity contribution in [1.82, 2.24) is 39.5 Å². The van der Waals surface area contributed by atoms with E-state index in [0.29, 0.717) is 18.9 Å². The summed E-state index contributed by atoms with van der Waals surface area (Å²) in [6, 6.07) is 46.0. The van der Waals surface area contributed by atoms with Crippen LogP contribution in [0.25, 0.3) is 33.4 Å². The lowest BCUT2D eigenvalue weighted by molar-refractivity contribution is -0.136. The fourth-order valence-electron chi connectivity index (χ4n) is 6.71. The number of aromatic nitrogens is 8. The molecule has 4 heterocycles. The summed E-state index contributed by atoms with van der Waals surface area (Å²) < 4.78 is 15.1. The smallest absolute Gasteiger partial charge is 0.307 e. The third kappa shape index (κ3) is 11.7. The van der Waals surface area contributed by atoms with E-state index in [1.54, 1.807) is 49.3 Å². The number of carbonyl (C=O) groups is 2. The lowest BCUT2D eigenvalue weighted by atomic mass is 10.1. The molecule has 6 aromatic carbocycles. The number of benzene rings is 6. The van der Waals surface area contributed by atoms with Crippen LogP contribution >= 0.6 is 0 Å². The Morgan fingerprint density at radius 1 is 0.585 bits per heavy atom. The van der Waals surface area contributed by atoms with Crippen molar-refractivity contribution in [2.45, 2.75) is 26.1 Å². The van der Waals surface area contributed by atoms with Crippen LogP contribution < -0.4 is 20.5 Å². The van der Waals surface area contributed by atoms with Crippen LogP contribution in [0, 0.1) is 0 Å². The number of rotatable bonds is 13. The monoisotopic (exact) mass is 864 g/mol. The van der Waals surface area contributed by atoms with Gasteiger partial charge in [-0.3, -0.25) is 28.9 Å². The standard InChI is InChI=1S/C25H21N5O2.C15H14O3.C10H9N5/c31-24(14-18-6-9-21(10-7-18)32-16-19-4-2-1-3-5-19)27-20-8-11-23-22(15-20)25(29-28-23)30-13-12-26-17-30;16-15(17)10-12-6-8-14(9-7-12)18-11-13-4-2-1-3-5-13;11-7-1-2-9-8(5-7)10(14-13-9)15-4-3-12-6-15/h1-13,15,17H,14,16H2,(H,27,31)(H,28,29);1-9H,10-11H2,(H,16,17);1-6H,11H2,(H,13,14). The molecule has 10 aromatic rings. The first-order chi connectivity index (χ1) is 31.8. The number of amides is 1. The molecule has 0 spiro atoms. The highest BCUT2D eigenvalue weighted by Gasteiger charge is 2.11. The largest absolute Gasteiger partial charge is 0.489 e. The van der Waals surface area contributed by atoms with Gasteiger partial charge in [-0.1, -0.05) is 84.9 Å². The molecule has 0 saturated carbocycles. The average molecular weight is 865 g/mol. The summed E-state index contributed by atoms with van der Waals surface area (Å²) >= 11 is 0. The minimum Gasteiger partial charge on any atom is -0.489 e. The third-order valence-electron chi connectivity index (χ3n) is 9.95. The average Bonchev–Trinajstić information content (AvgIpc) is 4.18. The highest BCUT2D eigenvalue weighted by molar-refractivity contribution is 5.96. The number of hydrogen-bond acceptors (Lipinski definition) is 9. The fourth-order valence-corrected chi connectivity index (χ4v) is 6.71. The van der Waals surface area contributed by atoms with Crippen LogP contribution in [0.3, 0.4) is 0 Å². The zero-order valence-electron chi connectivity index (χ0n) is 35.0. The fraction of sp³-hybridized carbons (Fsp3) is 0.0800. The Labute approximate surface area is 373 Å². The zero-order valence-corrected chi connectivity index (χ0v) is 35.0. The lowest BCUT2D eigenvalue weighted by Crippen LogP contribution is -2.14. The minimum atomic E-state index is -0.826. The van der Waals surface area contributed by atoms with Crippen LogP contribution in [-0.4, -0.2) is 56.5 Å². The molecular formula is C50H44N10O5. The molecule has 15 nitrogen and oxygen atoms in total. The van der Waals surface area contributed by atoms with Crippen molar-refractivity contribution < 1.29 is 24.2 Å². The highest BCUT2D eigenvalue weighted by atomic mass is 16.5. The Kier molecular flexibility index (Phi) is 13.6. The molecule has 65 heavy (non-hydrogen) atoms. The van der Waals surface area contributed by atoms with E-state index >= 15 is 0 Å². The first-order valence-corrected chi connectivity index (χ1v) is 20.5. The van der Waals surface area contributed by atoms with E-state index < -0.39 is 5.97 Å². The van der Waals surface area contributed by atoms with E-state index in [2.05, 4.69) is 35.7 Å². The highest BCUT2D eigenvalue weighted by Crippen LogP contribution is 2.24. The number of nitrogens with zero attached hydrogens (tertiary/aromatic N) is 6. The second kappa shape index (κ2) is 20.7. The number of fused-ring (bicyclic) bond motifs is 2. The molecule has 0 aliphatic rings. The molecule has 15 heteroatoms. The Morgan fingerprint density at radius 3 is 1.57 bits per heavy atom. The maximum atomic E-state index is 12.6. The zero-order chi connectivity index (χ0) is 44.8. The van der Waals surface area contributed by atoms with Gasteiger partial charge in [0.2, 0.25) is 5.91 Å². The second-order valence-electron chi connectivity index (χ2n) is 14.7. The number of H-pyrrole nitrogens is 2. The molecule has 0 atom stereocenters. The molecule has 0 aliphatic carbocycles. The van der Waals surface area contributed by atoms with Crippen molar-refractivity contribution in [3.8, 4) is 23.1 Å². The molecule has 0 saturated heterocycles. The predicted molar refractivity (Wildman–Crippen MR) is 249 cm³/mol. The van der Waals surface area contributed by atoms with Crippen LogP contribution in [0.15, 0.2) is 183 Å². The summed E-state index contributed by atoms with van der Waals surface area (Å²) in [7, 11) is 0. The number of nitrogen functional groups attached to an aromatic ring is 1. The second-order valence-corrected chi connectivity index (χ2v) is 14.7. The normalized spacial score (nSPS) is 10.6. The predicted octanol–water partition coefficient (Wildman–Crippen LogP) is 8.73. The van der Waals surface area contributed by atoms with Crippen molar-refractivity contribution in [3.63, 3.8) is 0 Å². The number of nitrogens with one attached hydrogen (secondary N) is 3. The Morgan fingerprint density at radius 2 is 1.08 bits per heavy atom. The molecule has 0 radical (unpaired) electrons. The van der Waals surface area contributed by atoms with Crippen molar-refractivity contribution in [2.24, 2.45) is 0 Å². The van der Waals surface area contributed by atoms with Gasteiger partial charge >= 0.3 is 5.97 Å². The SMILES string of the molecule is Nc1ccc2[nH]nc(-n3ccnc3)c2c1.O=C(Cc1ccc(OCc2ccccc2)cc1)Nc1ccc2[nH]nc(-n3ccnc3)c2c1.O=C(O)Cc1ccc(OCc2ccccc2)cc1. The number of imidazole rings is 2. The van der Waals surface area contributed by atoms with Gasteiger partial charge in [-0.15, -0.1) is 0 Å². The van der Waals surface area contributed by atoms with Crippen molar-refractivity contribution in [1.29, 1.82) is 0 Å². The molecule has 0 bridgehead atoms. The van der Waals surface area contributed by atoms with Crippen LogP contribution in [0.5, 0.6) is 11.5 Å². The molecule has 10 rings (SSSR count). The third-order valence-corrected chi connectivity index (χ3v) is 9.95.